The molecule has 10 heteroatoms. The third kappa shape index (κ3) is 5.06. The van der Waals surface area contributed by atoms with Gasteiger partial charge in [0, 0.05) is 30.4 Å². The topological polar surface area (TPSA) is 109 Å². The maximum Gasteiger partial charge on any atom is 0.279 e. The second-order valence-electron chi connectivity index (χ2n) is 11.3. The van der Waals surface area contributed by atoms with Gasteiger partial charge < -0.3 is 9.88 Å². The van der Waals surface area contributed by atoms with Crippen molar-refractivity contribution in [2.45, 2.75) is 32.5 Å². The van der Waals surface area contributed by atoms with Gasteiger partial charge in [-0.25, -0.2) is 8.78 Å². The third-order valence-electron chi connectivity index (χ3n) is 8.08. The molecule has 42 heavy (non-hydrogen) atoms. The predicted octanol–water partition coefficient (Wildman–Crippen LogP) is 4.89. The van der Waals surface area contributed by atoms with Crippen LogP contribution in [0.15, 0.2) is 53.5 Å². The largest absolute Gasteiger partial charge is 0.353 e. The predicted molar refractivity (Wildman–Crippen MR) is 153 cm³/mol. The van der Waals surface area contributed by atoms with E-state index in [4.69, 9.17) is 0 Å². The summed E-state index contributed by atoms with van der Waals surface area (Å²) in [5.74, 6) is -0.548. The van der Waals surface area contributed by atoms with Gasteiger partial charge in [0.05, 0.1) is 41.5 Å². The normalized spacial score (nSPS) is 17.5. The van der Waals surface area contributed by atoms with E-state index in [1.807, 2.05) is 6.07 Å². The van der Waals surface area contributed by atoms with E-state index in [0.29, 0.717) is 40.2 Å². The van der Waals surface area contributed by atoms with Crippen molar-refractivity contribution in [3.8, 4) is 29.0 Å². The monoisotopic (exact) mass is 566 g/mol. The fraction of sp³-hybridized carbons (Fsp3) is 0.312. The number of fused-ring (bicyclic) bond motifs is 1. The number of nitrogens with one attached hydrogen (secondary N) is 1. The van der Waals surface area contributed by atoms with E-state index in [0.717, 1.165) is 31.3 Å². The first-order chi connectivity index (χ1) is 20.2. The van der Waals surface area contributed by atoms with Gasteiger partial charge in [0.15, 0.2) is 0 Å². The van der Waals surface area contributed by atoms with Crippen molar-refractivity contribution in [1.29, 1.82) is 10.5 Å². The van der Waals surface area contributed by atoms with Gasteiger partial charge >= 0.3 is 0 Å². The molecule has 2 saturated heterocycles. The number of likely N-dealkylation sites (tertiary alicyclic amines) is 2. The first-order valence-electron chi connectivity index (χ1n) is 13.9. The molecule has 0 spiro atoms. The van der Waals surface area contributed by atoms with Crippen molar-refractivity contribution in [3.05, 3.63) is 87.2 Å². The number of carbonyl (C=O) groups is 1. The number of H-pyrrole nitrogens is 1. The average molecular weight is 567 g/mol. The molecule has 0 radical (unpaired) electrons. The lowest BCUT2D eigenvalue weighted by molar-refractivity contribution is 0.0400. The number of amides is 1. The van der Waals surface area contributed by atoms with Crippen LogP contribution in [0.5, 0.6) is 0 Å². The minimum Gasteiger partial charge on any atom is -0.353 e. The van der Waals surface area contributed by atoms with Crippen molar-refractivity contribution in [3.63, 3.8) is 0 Å². The zero-order valence-electron chi connectivity index (χ0n) is 23.0. The Morgan fingerprint density at radius 3 is 2.62 bits per heavy atom. The van der Waals surface area contributed by atoms with Crippen LogP contribution in [0.25, 0.3) is 27.7 Å². The van der Waals surface area contributed by atoms with Gasteiger partial charge in [0.1, 0.15) is 23.6 Å². The number of halogens is 2. The lowest BCUT2D eigenvalue weighted by Crippen LogP contribution is -2.51. The minimum atomic E-state index is -1.12. The van der Waals surface area contributed by atoms with Gasteiger partial charge in [-0.05, 0) is 72.8 Å². The van der Waals surface area contributed by atoms with Crippen molar-refractivity contribution in [1.82, 2.24) is 19.4 Å². The summed E-state index contributed by atoms with van der Waals surface area (Å²) in [6, 6.07) is 14.5. The van der Waals surface area contributed by atoms with E-state index < -0.39 is 23.5 Å². The first kappa shape index (κ1) is 27.4. The third-order valence-corrected chi connectivity index (χ3v) is 8.08. The number of benzene rings is 2. The summed E-state index contributed by atoms with van der Waals surface area (Å²) in [7, 11) is 0. The molecule has 0 unspecified atom stereocenters. The van der Waals surface area contributed by atoms with E-state index in [-0.39, 0.29) is 29.7 Å². The number of hydrogen-bond acceptors (Lipinski definition) is 5. The summed E-state index contributed by atoms with van der Waals surface area (Å²) >= 11 is 0. The highest BCUT2D eigenvalue weighted by atomic mass is 19.1. The number of nitrogens with zero attached hydrogens (tertiary/aromatic N) is 5. The van der Waals surface area contributed by atoms with Crippen LogP contribution in [0.3, 0.4) is 0 Å². The molecule has 2 aromatic carbocycles. The highest BCUT2D eigenvalue weighted by molar-refractivity contribution is 6.01. The second-order valence-corrected chi connectivity index (χ2v) is 11.3. The van der Waals surface area contributed by atoms with Crippen molar-refractivity contribution < 1.29 is 13.6 Å². The summed E-state index contributed by atoms with van der Waals surface area (Å²) in [6.07, 6.45) is 2.64. The SMILES string of the molecule is C[C@H]1CCCN(Cc2cc3c(C#N)cn(-c4cc(C#N)cc(-c5ccc(F)cc5C(=O)N5CC(F)C5)c4)c(=O)c3[nH]2)C1. The number of aromatic nitrogens is 2. The van der Waals surface area contributed by atoms with Crippen molar-refractivity contribution in [2.75, 3.05) is 26.2 Å². The molecule has 2 aromatic heterocycles. The number of piperidine rings is 1. The minimum absolute atomic E-state index is 0.0319. The molecular formula is C32H28F2N6O2. The van der Waals surface area contributed by atoms with Crippen LogP contribution in [0.1, 0.15) is 46.9 Å². The quantitative estimate of drug-likeness (QED) is 0.370. The number of nitriles is 2. The smallest absolute Gasteiger partial charge is 0.279 e. The molecule has 4 aromatic rings. The molecule has 6 rings (SSSR count). The Hall–Kier alpha value is -4.80. The van der Waals surface area contributed by atoms with Gasteiger partial charge in [-0.1, -0.05) is 13.0 Å². The number of carbonyl (C=O) groups excluding carboxylic acids is 1. The summed E-state index contributed by atoms with van der Waals surface area (Å²) < 4.78 is 29.0. The molecular weight excluding hydrogens is 538 g/mol. The van der Waals surface area contributed by atoms with Crippen molar-refractivity contribution in [2.24, 2.45) is 5.92 Å². The van der Waals surface area contributed by atoms with Crippen LogP contribution < -0.4 is 5.56 Å². The fourth-order valence-electron chi connectivity index (χ4n) is 5.98. The Morgan fingerprint density at radius 2 is 1.90 bits per heavy atom. The Morgan fingerprint density at radius 1 is 1.10 bits per heavy atom. The highest BCUT2D eigenvalue weighted by Gasteiger charge is 2.32. The van der Waals surface area contributed by atoms with Gasteiger partial charge in [-0.2, -0.15) is 10.5 Å². The average Bonchev–Trinajstić information content (AvgIpc) is 3.39. The maximum atomic E-state index is 14.2. The lowest BCUT2D eigenvalue weighted by Gasteiger charge is -2.34. The van der Waals surface area contributed by atoms with Gasteiger partial charge in [0.2, 0.25) is 0 Å². The first-order valence-corrected chi connectivity index (χ1v) is 13.9. The van der Waals surface area contributed by atoms with Gasteiger partial charge in [-0.3, -0.25) is 19.1 Å². The Labute approximate surface area is 241 Å². The zero-order chi connectivity index (χ0) is 29.5. The summed E-state index contributed by atoms with van der Waals surface area (Å²) in [4.78, 5) is 33.7. The molecule has 0 bridgehead atoms. The Kier molecular flexibility index (Phi) is 7.09. The zero-order valence-corrected chi connectivity index (χ0v) is 23.0. The molecule has 8 nitrogen and oxygen atoms in total. The highest BCUT2D eigenvalue weighted by Crippen LogP contribution is 2.31. The van der Waals surface area contributed by atoms with E-state index in [9.17, 15) is 28.9 Å². The number of hydrogen-bond donors (Lipinski definition) is 1. The molecule has 2 fully saturated rings. The molecule has 212 valence electrons. The maximum absolute atomic E-state index is 14.2. The molecule has 2 aliphatic heterocycles. The summed E-state index contributed by atoms with van der Waals surface area (Å²) in [6.45, 7) is 4.66. The molecule has 0 aliphatic carbocycles. The van der Waals surface area contributed by atoms with Crippen LogP contribution in [-0.2, 0) is 6.54 Å². The Balaban J connectivity index is 1.44. The number of pyridine rings is 1. The van der Waals surface area contributed by atoms with Crippen LogP contribution in [-0.4, -0.2) is 57.6 Å². The van der Waals surface area contributed by atoms with Crippen LogP contribution >= 0.6 is 0 Å². The summed E-state index contributed by atoms with van der Waals surface area (Å²) in [5, 5.41) is 20.3. The Bertz CT molecular complexity index is 1860. The number of rotatable bonds is 5. The van der Waals surface area contributed by atoms with E-state index in [1.165, 1.54) is 40.3 Å². The lowest BCUT2D eigenvalue weighted by atomic mass is 9.95. The molecule has 4 heterocycles. The van der Waals surface area contributed by atoms with E-state index in [2.05, 4.69) is 28.9 Å². The van der Waals surface area contributed by atoms with E-state index >= 15 is 0 Å². The summed E-state index contributed by atoms with van der Waals surface area (Å²) in [5.41, 5.74) is 2.31. The van der Waals surface area contributed by atoms with Gasteiger partial charge in [0.25, 0.3) is 11.5 Å². The number of aromatic amines is 1. The van der Waals surface area contributed by atoms with Crippen LogP contribution in [0, 0.1) is 34.4 Å². The molecule has 1 N–H and O–H groups in total. The van der Waals surface area contributed by atoms with Gasteiger partial charge in [-0.15, -0.1) is 0 Å². The van der Waals surface area contributed by atoms with Crippen LogP contribution in [0.2, 0.25) is 0 Å². The second kappa shape index (κ2) is 10.9. The van der Waals surface area contributed by atoms with Crippen LogP contribution in [0.4, 0.5) is 8.78 Å². The standard InChI is InChI=1S/C32H28F2N6O2/c1-19-3-2-6-38(14-19)18-25-11-28-22(13-36)15-40(32(42)30(28)37-25)26-8-20(12-35)7-21(9-26)27-5-4-23(33)10-29(27)31(41)39-16-24(34)17-39/h4-5,7-11,15,19,24,37H,2-3,6,14,16-18H2,1H3/t19-/m0/s1. The molecule has 1 atom stereocenters. The molecule has 0 saturated carbocycles. The van der Waals surface area contributed by atoms with Crippen molar-refractivity contribution >= 4 is 16.8 Å². The molecule has 1 amide bonds. The fourth-order valence-corrected chi connectivity index (χ4v) is 5.98. The van der Waals surface area contributed by atoms with E-state index in [1.54, 1.807) is 12.1 Å². The molecule has 2 aliphatic rings. The number of alkyl halides is 1.